The Hall–Kier alpha value is -2.38. The predicted molar refractivity (Wildman–Crippen MR) is 103 cm³/mol. The van der Waals surface area contributed by atoms with Crippen LogP contribution in [-0.2, 0) is 15.2 Å². The zero-order valence-corrected chi connectivity index (χ0v) is 15.9. The van der Waals surface area contributed by atoms with E-state index >= 15 is 0 Å². The third-order valence-electron chi connectivity index (χ3n) is 4.76. The van der Waals surface area contributed by atoms with E-state index in [-0.39, 0.29) is 6.54 Å². The molecule has 1 aliphatic carbocycles. The minimum Gasteiger partial charge on any atom is -0.466 e. The molecule has 1 atom stereocenters. The van der Waals surface area contributed by atoms with Crippen molar-refractivity contribution in [3.63, 3.8) is 0 Å². The molecule has 0 bridgehead atoms. The standard InChI is InChI=1S/C20H24N2O4S/c23-18(21-10-8-15-5-2-1-3-6-15)19(24)22-14-20(25,16-9-12-27-13-16)17-7-4-11-26-17/h4-5,7,9,11-13,25H,1-3,6,8,10,14H2,(H,21,23)(H,22,24). The molecule has 3 rings (SSSR count). The van der Waals surface area contributed by atoms with Crippen LogP contribution in [0.4, 0.5) is 0 Å². The van der Waals surface area contributed by atoms with Crippen LogP contribution in [0.15, 0.2) is 51.3 Å². The first-order valence-electron chi connectivity index (χ1n) is 9.12. The molecule has 6 nitrogen and oxygen atoms in total. The summed E-state index contributed by atoms with van der Waals surface area (Å²) < 4.78 is 5.34. The number of rotatable bonds is 7. The van der Waals surface area contributed by atoms with Gasteiger partial charge in [0.25, 0.3) is 0 Å². The lowest BCUT2D eigenvalue weighted by molar-refractivity contribution is -0.139. The van der Waals surface area contributed by atoms with E-state index in [1.807, 2.05) is 5.38 Å². The fraction of sp³-hybridized carbons (Fsp3) is 0.400. The molecule has 0 aliphatic heterocycles. The Morgan fingerprint density at radius 3 is 2.74 bits per heavy atom. The number of carbonyl (C=O) groups is 2. The average Bonchev–Trinajstić information content (AvgIpc) is 3.41. The number of allylic oxidation sites excluding steroid dienone is 1. The minimum atomic E-state index is -1.52. The number of carbonyl (C=O) groups excluding carboxylic acids is 2. The maximum absolute atomic E-state index is 12.1. The highest BCUT2D eigenvalue weighted by atomic mass is 32.1. The van der Waals surface area contributed by atoms with Gasteiger partial charge in [0.05, 0.1) is 12.8 Å². The monoisotopic (exact) mass is 388 g/mol. The Kier molecular flexibility index (Phi) is 6.47. The highest BCUT2D eigenvalue weighted by Crippen LogP contribution is 2.30. The normalized spacial score (nSPS) is 16.3. The summed E-state index contributed by atoms with van der Waals surface area (Å²) in [5.41, 5.74) is 0.422. The Morgan fingerprint density at radius 2 is 2.07 bits per heavy atom. The maximum atomic E-state index is 12.1. The summed E-state index contributed by atoms with van der Waals surface area (Å²) in [5, 5.41) is 19.8. The third-order valence-corrected chi connectivity index (χ3v) is 5.44. The summed E-state index contributed by atoms with van der Waals surface area (Å²) in [7, 11) is 0. The highest BCUT2D eigenvalue weighted by Gasteiger charge is 2.36. The lowest BCUT2D eigenvalue weighted by atomic mass is 9.93. The van der Waals surface area contributed by atoms with Gasteiger partial charge in [-0.05, 0) is 61.1 Å². The van der Waals surface area contributed by atoms with Crippen molar-refractivity contribution in [3.05, 3.63) is 58.2 Å². The van der Waals surface area contributed by atoms with Gasteiger partial charge in [-0.15, -0.1) is 0 Å². The summed E-state index contributed by atoms with van der Waals surface area (Å²) in [5.74, 6) is -1.16. The molecule has 0 radical (unpaired) electrons. The van der Waals surface area contributed by atoms with Crippen LogP contribution in [0, 0.1) is 0 Å². The Morgan fingerprint density at radius 1 is 1.22 bits per heavy atom. The van der Waals surface area contributed by atoms with Crippen molar-refractivity contribution in [2.75, 3.05) is 13.1 Å². The lowest BCUT2D eigenvalue weighted by Gasteiger charge is -2.25. The zero-order chi connectivity index (χ0) is 19.1. The molecule has 2 aromatic rings. The Labute approximate surface area is 162 Å². The molecular weight excluding hydrogens is 364 g/mol. The van der Waals surface area contributed by atoms with Gasteiger partial charge >= 0.3 is 11.8 Å². The fourth-order valence-corrected chi connectivity index (χ4v) is 3.91. The van der Waals surface area contributed by atoms with Gasteiger partial charge in [-0.3, -0.25) is 9.59 Å². The first kappa shape index (κ1) is 19.4. The molecular formula is C20H24N2O4S. The van der Waals surface area contributed by atoms with Crippen molar-refractivity contribution in [1.82, 2.24) is 10.6 Å². The van der Waals surface area contributed by atoms with Gasteiger partial charge < -0.3 is 20.2 Å². The first-order chi connectivity index (χ1) is 13.1. The van der Waals surface area contributed by atoms with Crippen LogP contribution in [0.5, 0.6) is 0 Å². The van der Waals surface area contributed by atoms with Gasteiger partial charge in [-0.25, -0.2) is 0 Å². The summed E-state index contributed by atoms with van der Waals surface area (Å²) in [6.07, 6.45) is 9.03. The SMILES string of the molecule is O=C(NCCC1=CCCCC1)C(=O)NCC(O)(c1ccsc1)c1ccco1. The quantitative estimate of drug-likeness (QED) is 0.502. The number of amides is 2. The molecule has 0 fully saturated rings. The van der Waals surface area contributed by atoms with Gasteiger partial charge in [0.1, 0.15) is 5.76 Å². The van der Waals surface area contributed by atoms with E-state index in [4.69, 9.17) is 4.42 Å². The molecule has 0 spiro atoms. The van der Waals surface area contributed by atoms with Crippen LogP contribution >= 0.6 is 11.3 Å². The number of hydrogen-bond donors (Lipinski definition) is 3. The summed E-state index contributed by atoms with van der Waals surface area (Å²) in [4.78, 5) is 24.2. The van der Waals surface area contributed by atoms with E-state index in [9.17, 15) is 14.7 Å². The zero-order valence-electron chi connectivity index (χ0n) is 15.1. The van der Waals surface area contributed by atoms with Crippen molar-refractivity contribution in [3.8, 4) is 0 Å². The number of aliphatic hydroxyl groups is 1. The van der Waals surface area contributed by atoms with Gasteiger partial charge in [0.2, 0.25) is 0 Å². The lowest BCUT2D eigenvalue weighted by Crippen LogP contribution is -2.46. The van der Waals surface area contributed by atoms with Crippen LogP contribution in [0.2, 0.25) is 0 Å². The van der Waals surface area contributed by atoms with Crippen LogP contribution < -0.4 is 10.6 Å². The number of nitrogens with one attached hydrogen (secondary N) is 2. The second-order valence-corrected chi connectivity index (χ2v) is 7.43. The van der Waals surface area contributed by atoms with E-state index in [1.54, 1.807) is 23.6 Å². The van der Waals surface area contributed by atoms with Crippen molar-refractivity contribution in [1.29, 1.82) is 0 Å². The largest absolute Gasteiger partial charge is 0.466 e. The Balaban J connectivity index is 1.53. The second kappa shape index (κ2) is 9.01. The van der Waals surface area contributed by atoms with Crippen LogP contribution in [0.25, 0.3) is 0 Å². The smallest absolute Gasteiger partial charge is 0.309 e. The maximum Gasteiger partial charge on any atom is 0.309 e. The van der Waals surface area contributed by atoms with Gasteiger partial charge in [-0.2, -0.15) is 11.3 Å². The molecule has 2 heterocycles. The van der Waals surface area contributed by atoms with Crippen molar-refractivity contribution in [2.24, 2.45) is 0 Å². The molecule has 144 valence electrons. The average molecular weight is 388 g/mol. The fourth-order valence-electron chi connectivity index (χ4n) is 3.18. The molecule has 1 aliphatic rings. The molecule has 0 saturated heterocycles. The van der Waals surface area contributed by atoms with Crippen LogP contribution in [-0.4, -0.2) is 30.0 Å². The molecule has 2 aromatic heterocycles. The number of thiophene rings is 1. The van der Waals surface area contributed by atoms with Crippen LogP contribution in [0.1, 0.15) is 43.4 Å². The van der Waals surface area contributed by atoms with Crippen molar-refractivity contribution < 1.29 is 19.1 Å². The first-order valence-corrected chi connectivity index (χ1v) is 10.1. The van der Waals surface area contributed by atoms with E-state index < -0.39 is 17.4 Å². The van der Waals surface area contributed by atoms with E-state index in [1.165, 1.54) is 36.0 Å². The second-order valence-electron chi connectivity index (χ2n) is 6.65. The minimum absolute atomic E-state index is 0.158. The molecule has 1 unspecified atom stereocenters. The molecule has 7 heteroatoms. The summed E-state index contributed by atoms with van der Waals surface area (Å²) >= 11 is 1.43. The third kappa shape index (κ3) is 4.87. The van der Waals surface area contributed by atoms with Gasteiger partial charge in [0, 0.05) is 12.1 Å². The topological polar surface area (TPSA) is 91.6 Å². The van der Waals surface area contributed by atoms with Gasteiger partial charge in [0.15, 0.2) is 5.60 Å². The summed E-state index contributed by atoms with van der Waals surface area (Å²) in [6.45, 7) is 0.278. The van der Waals surface area contributed by atoms with Crippen LogP contribution in [0.3, 0.4) is 0 Å². The van der Waals surface area contributed by atoms with Crippen molar-refractivity contribution >= 4 is 23.2 Å². The molecule has 2 amide bonds. The highest BCUT2D eigenvalue weighted by molar-refractivity contribution is 7.08. The van der Waals surface area contributed by atoms with E-state index in [0.29, 0.717) is 17.9 Å². The van der Waals surface area contributed by atoms with Crippen molar-refractivity contribution in [2.45, 2.75) is 37.7 Å². The van der Waals surface area contributed by atoms with Gasteiger partial charge in [-0.1, -0.05) is 11.6 Å². The van der Waals surface area contributed by atoms with E-state index in [0.717, 1.165) is 19.3 Å². The Bertz CT molecular complexity index is 747. The number of hydrogen-bond acceptors (Lipinski definition) is 5. The predicted octanol–water partition coefficient (Wildman–Crippen LogP) is 2.70. The molecule has 27 heavy (non-hydrogen) atoms. The molecule has 3 N–H and O–H groups in total. The number of furan rings is 1. The summed E-state index contributed by atoms with van der Waals surface area (Å²) in [6, 6.07) is 5.07. The van der Waals surface area contributed by atoms with E-state index in [2.05, 4.69) is 16.7 Å². The molecule has 0 aromatic carbocycles. The molecule has 0 saturated carbocycles.